The monoisotopic (exact) mass is 242 g/mol. The van der Waals surface area contributed by atoms with E-state index in [0.29, 0.717) is 0 Å². The first-order valence-electron chi connectivity index (χ1n) is 6.14. The molecule has 0 bridgehead atoms. The van der Waals surface area contributed by atoms with E-state index < -0.39 is 0 Å². The first kappa shape index (κ1) is 10.7. The second-order valence-corrected chi connectivity index (χ2v) is 5.30. The van der Waals surface area contributed by atoms with Crippen LogP contribution in [0.2, 0.25) is 0 Å². The molecule has 1 aromatic heterocycles. The van der Waals surface area contributed by atoms with Gasteiger partial charge in [-0.1, -0.05) is 18.2 Å². The highest BCUT2D eigenvalue weighted by Gasteiger charge is 2.26. The van der Waals surface area contributed by atoms with Crippen molar-refractivity contribution < 1.29 is 4.58 Å². The molecule has 1 aromatic carbocycles. The first-order valence-corrected chi connectivity index (χ1v) is 7.02. The Bertz CT molecular complexity index is 551. The van der Waals surface area contributed by atoms with Crippen LogP contribution in [0, 0.1) is 0 Å². The third-order valence-electron chi connectivity index (χ3n) is 3.35. The molecule has 0 atom stereocenters. The van der Waals surface area contributed by atoms with Crippen LogP contribution in [0.5, 0.6) is 0 Å². The lowest BCUT2D eigenvalue weighted by Crippen LogP contribution is -2.29. The van der Waals surface area contributed by atoms with Crippen molar-refractivity contribution in [1.29, 1.82) is 0 Å². The predicted molar refractivity (Wildman–Crippen MR) is 73.3 cm³/mol. The van der Waals surface area contributed by atoms with Gasteiger partial charge < -0.3 is 0 Å². The van der Waals surface area contributed by atoms with Crippen LogP contribution in [0.3, 0.4) is 0 Å². The lowest BCUT2D eigenvalue weighted by Gasteiger charge is -2.14. The highest BCUT2D eigenvalue weighted by Crippen LogP contribution is 2.24. The number of hydrogen-bond acceptors (Lipinski definition) is 1. The van der Waals surface area contributed by atoms with Crippen LogP contribution in [0.4, 0.5) is 0 Å². The summed E-state index contributed by atoms with van der Waals surface area (Å²) in [7, 11) is 0. The summed E-state index contributed by atoms with van der Waals surface area (Å²) in [5.74, 6) is 0. The smallest absolute Gasteiger partial charge is 0.215 e. The van der Waals surface area contributed by atoms with Gasteiger partial charge in [-0.15, -0.1) is 11.3 Å². The molecule has 2 aromatic rings. The van der Waals surface area contributed by atoms with E-state index in [0.717, 1.165) is 13.1 Å². The van der Waals surface area contributed by atoms with Crippen LogP contribution in [-0.2, 0) is 6.42 Å². The molecular weight excluding hydrogens is 226 g/mol. The zero-order chi connectivity index (χ0) is 11.7. The molecule has 0 spiro atoms. The van der Waals surface area contributed by atoms with Gasteiger partial charge in [0.05, 0.1) is 5.56 Å². The van der Waals surface area contributed by atoms with E-state index in [1.165, 1.54) is 28.1 Å². The summed E-state index contributed by atoms with van der Waals surface area (Å²) in [6, 6.07) is 13.0. The summed E-state index contributed by atoms with van der Waals surface area (Å²) >= 11 is 1.89. The van der Waals surface area contributed by atoms with Gasteiger partial charge in [-0.05, 0) is 30.5 Å². The molecule has 86 valence electrons. The third-order valence-corrected chi connectivity index (χ3v) is 4.34. The quantitative estimate of drug-likeness (QED) is 0.712. The van der Waals surface area contributed by atoms with Crippen molar-refractivity contribution in [3.8, 4) is 0 Å². The normalized spacial score (nSPS) is 14.9. The fourth-order valence-electron chi connectivity index (χ4n) is 2.51. The predicted octanol–water partition coefficient (Wildman–Crippen LogP) is 3.17. The zero-order valence-corrected chi connectivity index (χ0v) is 10.8. The number of rotatable bonds is 2. The Kier molecular flexibility index (Phi) is 2.81. The number of thiophene rings is 1. The second-order valence-electron chi connectivity index (χ2n) is 4.30. The Hall–Kier alpha value is -1.41. The van der Waals surface area contributed by atoms with Crippen molar-refractivity contribution in [2.24, 2.45) is 0 Å². The van der Waals surface area contributed by atoms with Gasteiger partial charge in [-0.2, -0.15) is 0 Å². The molecule has 2 heterocycles. The SMILES string of the molecule is CC[N+]1=C(c2ccccc2)c2ccsc2CC1. The minimum atomic E-state index is 1.08. The average molecular weight is 242 g/mol. The molecule has 1 nitrogen and oxygen atoms in total. The van der Waals surface area contributed by atoms with E-state index in [-0.39, 0.29) is 0 Å². The average Bonchev–Trinajstić information content (AvgIpc) is 2.86. The Morgan fingerprint density at radius 3 is 2.76 bits per heavy atom. The topological polar surface area (TPSA) is 3.01 Å². The van der Waals surface area contributed by atoms with E-state index in [9.17, 15) is 0 Å². The maximum atomic E-state index is 2.49. The van der Waals surface area contributed by atoms with Gasteiger partial charge in [0.2, 0.25) is 5.71 Å². The van der Waals surface area contributed by atoms with E-state index in [2.05, 4.69) is 53.3 Å². The van der Waals surface area contributed by atoms with Gasteiger partial charge in [0, 0.05) is 16.9 Å². The van der Waals surface area contributed by atoms with E-state index in [4.69, 9.17) is 0 Å². The van der Waals surface area contributed by atoms with Crippen LogP contribution in [0.25, 0.3) is 0 Å². The van der Waals surface area contributed by atoms with Gasteiger partial charge in [0.1, 0.15) is 13.1 Å². The molecule has 0 unspecified atom stereocenters. The largest absolute Gasteiger partial charge is 0.229 e. The van der Waals surface area contributed by atoms with Crippen LogP contribution in [0.1, 0.15) is 22.9 Å². The molecule has 0 N–H and O–H groups in total. The summed E-state index contributed by atoms with van der Waals surface area (Å²) in [5, 5.41) is 2.22. The maximum Gasteiger partial charge on any atom is 0.215 e. The van der Waals surface area contributed by atoms with E-state index in [1.54, 1.807) is 0 Å². The summed E-state index contributed by atoms with van der Waals surface area (Å²) in [6.45, 7) is 4.47. The highest BCUT2D eigenvalue weighted by molar-refractivity contribution is 7.10. The lowest BCUT2D eigenvalue weighted by atomic mass is 9.98. The van der Waals surface area contributed by atoms with Gasteiger partial charge in [-0.3, -0.25) is 0 Å². The number of likely N-dealkylation sites (N-methyl/N-ethyl adjacent to an activating group) is 1. The summed E-state index contributed by atoms with van der Waals surface area (Å²) in [5.41, 5.74) is 4.19. The highest BCUT2D eigenvalue weighted by atomic mass is 32.1. The molecule has 0 radical (unpaired) electrons. The Labute approximate surface area is 106 Å². The van der Waals surface area contributed by atoms with Crippen LogP contribution in [0.15, 0.2) is 41.8 Å². The van der Waals surface area contributed by atoms with Crippen molar-refractivity contribution in [2.75, 3.05) is 13.1 Å². The zero-order valence-electron chi connectivity index (χ0n) is 10.0. The Balaban J connectivity index is 2.20. The van der Waals surface area contributed by atoms with Crippen LogP contribution < -0.4 is 0 Å². The first-order chi connectivity index (χ1) is 8.40. The van der Waals surface area contributed by atoms with Crippen molar-refractivity contribution in [2.45, 2.75) is 13.3 Å². The maximum absolute atomic E-state index is 2.49. The molecule has 1 aliphatic heterocycles. The van der Waals surface area contributed by atoms with Crippen molar-refractivity contribution in [3.05, 3.63) is 57.8 Å². The van der Waals surface area contributed by atoms with Crippen LogP contribution >= 0.6 is 11.3 Å². The number of fused-ring (bicyclic) bond motifs is 1. The van der Waals surface area contributed by atoms with Crippen molar-refractivity contribution in [3.63, 3.8) is 0 Å². The lowest BCUT2D eigenvalue weighted by molar-refractivity contribution is -0.524. The Morgan fingerprint density at radius 1 is 1.18 bits per heavy atom. The summed E-state index contributed by atoms with van der Waals surface area (Å²) in [6.07, 6.45) is 1.19. The van der Waals surface area contributed by atoms with E-state index >= 15 is 0 Å². The van der Waals surface area contributed by atoms with Crippen LogP contribution in [-0.4, -0.2) is 23.4 Å². The molecule has 1 aliphatic rings. The number of benzene rings is 1. The molecule has 17 heavy (non-hydrogen) atoms. The second kappa shape index (κ2) is 4.46. The standard InChI is InChI=1S/C15H16NS/c1-2-16-10-8-14-13(9-11-17-14)15(16)12-6-4-3-5-7-12/h3-7,9,11H,2,8,10H2,1H3/q+1. The van der Waals surface area contributed by atoms with Crippen molar-refractivity contribution in [1.82, 2.24) is 0 Å². The summed E-state index contributed by atoms with van der Waals surface area (Å²) < 4.78 is 2.49. The molecule has 0 aliphatic carbocycles. The molecular formula is C15H16NS+. The molecule has 0 saturated carbocycles. The van der Waals surface area contributed by atoms with Gasteiger partial charge in [0.25, 0.3) is 0 Å². The Morgan fingerprint density at radius 2 is 2.00 bits per heavy atom. The molecule has 0 amide bonds. The minimum absolute atomic E-state index is 1.08. The minimum Gasteiger partial charge on any atom is -0.229 e. The van der Waals surface area contributed by atoms with Gasteiger partial charge in [0.15, 0.2) is 0 Å². The molecule has 2 heteroatoms. The summed E-state index contributed by atoms with van der Waals surface area (Å²) in [4.78, 5) is 1.54. The van der Waals surface area contributed by atoms with Crippen molar-refractivity contribution >= 4 is 17.0 Å². The molecule has 0 fully saturated rings. The number of nitrogens with zero attached hydrogens (tertiary/aromatic N) is 1. The fraction of sp³-hybridized carbons (Fsp3) is 0.267. The fourth-order valence-corrected chi connectivity index (χ4v) is 3.38. The van der Waals surface area contributed by atoms with Gasteiger partial charge >= 0.3 is 0 Å². The van der Waals surface area contributed by atoms with E-state index in [1.807, 2.05) is 11.3 Å². The number of hydrogen-bond donors (Lipinski definition) is 0. The molecule has 0 saturated heterocycles. The molecule has 3 rings (SSSR count). The van der Waals surface area contributed by atoms with Gasteiger partial charge in [-0.25, -0.2) is 4.58 Å². The third kappa shape index (κ3) is 1.83.